The van der Waals surface area contributed by atoms with Crippen LogP contribution in [0.1, 0.15) is 29.9 Å². The maximum Gasteiger partial charge on any atom is 0.332 e. The summed E-state index contributed by atoms with van der Waals surface area (Å²) in [7, 11) is 3.16. The second-order valence-electron chi connectivity index (χ2n) is 6.54. The van der Waals surface area contributed by atoms with E-state index < -0.39 is 0 Å². The minimum atomic E-state index is -0.345. The Balaban J connectivity index is 1.67. The summed E-state index contributed by atoms with van der Waals surface area (Å²) in [6.45, 7) is 0.725. The van der Waals surface area contributed by atoms with Gasteiger partial charge in [-0.3, -0.25) is 13.9 Å². The summed E-state index contributed by atoms with van der Waals surface area (Å²) in [6.07, 6.45) is 4.92. The van der Waals surface area contributed by atoms with Crippen LogP contribution in [-0.4, -0.2) is 18.7 Å². The van der Waals surface area contributed by atoms with Crippen molar-refractivity contribution in [3.05, 3.63) is 62.6 Å². The SMILES string of the molecule is Cn1c(=O)c2c(ncn2CCC2CCc3ccccc32)n(C)c1=O. The molecule has 0 N–H and O–H groups in total. The van der Waals surface area contributed by atoms with Gasteiger partial charge < -0.3 is 4.57 Å². The van der Waals surface area contributed by atoms with Gasteiger partial charge in [-0.2, -0.15) is 0 Å². The molecule has 1 aliphatic rings. The Hall–Kier alpha value is -2.63. The van der Waals surface area contributed by atoms with Crippen LogP contribution in [0.2, 0.25) is 0 Å². The first-order chi connectivity index (χ1) is 11.6. The molecule has 24 heavy (non-hydrogen) atoms. The molecule has 0 aliphatic heterocycles. The minimum absolute atomic E-state index is 0.280. The van der Waals surface area contributed by atoms with E-state index in [4.69, 9.17) is 0 Å². The Bertz CT molecular complexity index is 1040. The van der Waals surface area contributed by atoms with Crippen LogP contribution in [-0.2, 0) is 27.1 Å². The zero-order chi connectivity index (χ0) is 16.8. The molecule has 6 nitrogen and oxygen atoms in total. The van der Waals surface area contributed by atoms with E-state index in [1.165, 1.54) is 22.7 Å². The fourth-order valence-corrected chi connectivity index (χ4v) is 3.81. The molecule has 4 rings (SSSR count). The van der Waals surface area contributed by atoms with Crippen molar-refractivity contribution in [1.29, 1.82) is 0 Å². The number of rotatable bonds is 3. The van der Waals surface area contributed by atoms with E-state index in [9.17, 15) is 9.59 Å². The Morgan fingerprint density at radius 2 is 1.96 bits per heavy atom. The van der Waals surface area contributed by atoms with Crippen molar-refractivity contribution in [2.45, 2.75) is 31.7 Å². The van der Waals surface area contributed by atoms with E-state index in [1.807, 2.05) is 4.57 Å². The summed E-state index contributed by atoms with van der Waals surface area (Å²) in [5.74, 6) is 0.523. The largest absolute Gasteiger partial charge is 0.332 e. The third kappa shape index (κ3) is 2.13. The summed E-state index contributed by atoms with van der Waals surface area (Å²) in [5, 5.41) is 0. The Kier molecular flexibility index (Phi) is 3.40. The smallest absolute Gasteiger partial charge is 0.325 e. The van der Waals surface area contributed by atoms with Gasteiger partial charge in [0, 0.05) is 20.6 Å². The van der Waals surface area contributed by atoms with Gasteiger partial charge in [0.25, 0.3) is 5.56 Å². The van der Waals surface area contributed by atoms with Crippen LogP contribution in [0.25, 0.3) is 11.2 Å². The van der Waals surface area contributed by atoms with E-state index in [-0.39, 0.29) is 11.2 Å². The number of fused-ring (bicyclic) bond motifs is 2. The van der Waals surface area contributed by atoms with E-state index in [1.54, 1.807) is 13.4 Å². The Morgan fingerprint density at radius 3 is 2.79 bits per heavy atom. The molecular formula is C18H20N4O2. The first-order valence-corrected chi connectivity index (χ1v) is 8.26. The summed E-state index contributed by atoms with van der Waals surface area (Å²) in [4.78, 5) is 28.7. The molecule has 3 aromatic rings. The first kappa shape index (κ1) is 14.9. The quantitative estimate of drug-likeness (QED) is 0.734. The fourth-order valence-electron chi connectivity index (χ4n) is 3.81. The van der Waals surface area contributed by atoms with Gasteiger partial charge in [0.1, 0.15) is 0 Å². The van der Waals surface area contributed by atoms with Gasteiger partial charge in [0.2, 0.25) is 0 Å². The molecule has 1 aliphatic carbocycles. The molecule has 1 unspecified atom stereocenters. The van der Waals surface area contributed by atoms with Gasteiger partial charge in [-0.05, 0) is 36.3 Å². The zero-order valence-corrected chi connectivity index (χ0v) is 13.9. The monoisotopic (exact) mass is 324 g/mol. The highest BCUT2D eigenvalue weighted by molar-refractivity contribution is 5.69. The molecule has 2 aromatic heterocycles. The highest BCUT2D eigenvalue weighted by Crippen LogP contribution is 2.35. The summed E-state index contributed by atoms with van der Waals surface area (Å²) in [6, 6.07) is 8.60. The standard InChI is InChI=1S/C18H20N4O2/c1-20-16-15(17(23)21(2)18(20)24)22(11-19-16)10-9-13-8-7-12-5-3-4-6-14(12)13/h3-6,11,13H,7-10H2,1-2H3. The molecule has 0 spiro atoms. The molecule has 124 valence electrons. The molecule has 0 bridgehead atoms. The normalized spacial score (nSPS) is 16.7. The lowest BCUT2D eigenvalue weighted by Crippen LogP contribution is -2.37. The van der Waals surface area contributed by atoms with E-state index in [0.29, 0.717) is 17.1 Å². The van der Waals surface area contributed by atoms with Crippen LogP contribution in [0.15, 0.2) is 40.2 Å². The fraction of sp³-hybridized carbons (Fsp3) is 0.389. The number of nitrogens with zero attached hydrogens (tertiary/aromatic N) is 4. The molecule has 2 heterocycles. The Labute approximate surface area is 139 Å². The third-order valence-electron chi connectivity index (χ3n) is 5.19. The lowest BCUT2D eigenvalue weighted by molar-refractivity contribution is 0.549. The second-order valence-corrected chi connectivity index (χ2v) is 6.54. The zero-order valence-electron chi connectivity index (χ0n) is 13.9. The summed E-state index contributed by atoms with van der Waals surface area (Å²) in [5.41, 5.74) is 3.21. The molecular weight excluding hydrogens is 304 g/mol. The van der Waals surface area contributed by atoms with Crippen LogP contribution < -0.4 is 11.2 Å². The molecule has 0 saturated carbocycles. The number of aromatic nitrogens is 4. The molecule has 0 radical (unpaired) electrons. The van der Waals surface area contributed by atoms with Crippen LogP contribution in [0.3, 0.4) is 0 Å². The predicted octanol–water partition coefficient (Wildman–Crippen LogP) is 1.55. The molecule has 1 aromatic carbocycles. The molecule has 6 heteroatoms. The van der Waals surface area contributed by atoms with Gasteiger partial charge in [-0.1, -0.05) is 24.3 Å². The van der Waals surface area contributed by atoms with Crippen molar-refractivity contribution >= 4 is 11.2 Å². The van der Waals surface area contributed by atoms with E-state index in [2.05, 4.69) is 29.2 Å². The first-order valence-electron chi connectivity index (χ1n) is 8.26. The number of hydrogen-bond acceptors (Lipinski definition) is 3. The predicted molar refractivity (Wildman–Crippen MR) is 92.3 cm³/mol. The lowest BCUT2D eigenvalue weighted by Gasteiger charge is -2.12. The van der Waals surface area contributed by atoms with Crippen molar-refractivity contribution in [2.75, 3.05) is 0 Å². The maximum absolute atomic E-state index is 12.5. The average Bonchev–Trinajstić information content (AvgIpc) is 3.20. The van der Waals surface area contributed by atoms with Crippen LogP contribution in [0.5, 0.6) is 0 Å². The third-order valence-corrected chi connectivity index (χ3v) is 5.19. The second kappa shape index (κ2) is 5.47. The number of benzene rings is 1. The van der Waals surface area contributed by atoms with Crippen molar-refractivity contribution in [1.82, 2.24) is 18.7 Å². The lowest BCUT2D eigenvalue weighted by atomic mass is 9.98. The molecule has 0 fully saturated rings. The van der Waals surface area contributed by atoms with E-state index in [0.717, 1.165) is 30.4 Å². The summed E-state index contributed by atoms with van der Waals surface area (Å²) >= 11 is 0. The van der Waals surface area contributed by atoms with Crippen molar-refractivity contribution in [3.8, 4) is 0 Å². The molecule has 1 atom stereocenters. The van der Waals surface area contributed by atoms with Gasteiger partial charge in [0.15, 0.2) is 11.2 Å². The van der Waals surface area contributed by atoms with Crippen molar-refractivity contribution < 1.29 is 0 Å². The van der Waals surface area contributed by atoms with Gasteiger partial charge in [0.05, 0.1) is 6.33 Å². The number of aryl methyl sites for hydroxylation is 3. The van der Waals surface area contributed by atoms with E-state index >= 15 is 0 Å². The van der Waals surface area contributed by atoms with Crippen LogP contribution in [0.4, 0.5) is 0 Å². The topological polar surface area (TPSA) is 61.8 Å². The highest BCUT2D eigenvalue weighted by Gasteiger charge is 2.22. The molecule has 0 saturated heterocycles. The van der Waals surface area contributed by atoms with Gasteiger partial charge >= 0.3 is 5.69 Å². The average molecular weight is 324 g/mol. The van der Waals surface area contributed by atoms with Crippen molar-refractivity contribution in [3.63, 3.8) is 0 Å². The van der Waals surface area contributed by atoms with Gasteiger partial charge in [-0.15, -0.1) is 0 Å². The highest BCUT2D eigenvalue weighted by atomic mass is 16.2. The van der Waals surface area contributed by atoms with Gasteiger partial charge in [-0.25, -0.2) is 9.78 Å². The maximum atomic E-state index is 12.5. The molecule has 0 amide bonds. The van der Waals surface area contributed by atoms with Crippen LogP contribution in [0, 0.1) is 0 Å². The minimum Gasteiger partial charge on any atom is -0.325 e. The number of hydrogen-bond donors (Lipinski definition) is 0. The van der Waals surface area contributed by atoms with Crippen LogP contribution >= 0.6 is 0 Å². The number of imidazole rings is 1. The Morgan fingerprint density at radius 1 is 1.17 bits per heavy atom. The summed E-state index contributed by atoms with van der Waals surface area (Å²) < 4.78 is 4.46. The van der Waals surface area contributed by atoms with Crippen molar-refractivity contribution in [2.24, 2.45) is 14.1 Å².